The highest BCUT2D eigenvalue weighted by atomic mass is 32.2. The number of hydrogen-bond donors (Lipinski definition) is 1. The molecule has 206 valence electrons. The zero-order chi connectivity index (χ0) is 28.2. The molecule has 2 aliphatic rings. The number of nitrogens with one attached hydrogen (secondary N) is 1. The lowest BCUT2D eigenvalue weighted by Crippen LogP contribution is -2.49. The molecule has 6 nitrogen and oxygen atoms in total. The number of ether oxygens (including phenoxy) is 1. The van der Waals surface area contributed by atoms with Crippen molar-refractivity contribution in [2.75, 3.05) is 17.4 Å². The van der Waals surface area contributed by atoms with Crippen LogP contribution in [0.4, 0.5) is 32.0 Å². The molecule has 0 radical (unpaired) electrons. The van der Waals surface area contributed by atoms with E-state index in [9.17, 15) is 39.6 Å². The van der Waals surface area contributed by atoms with Gasteiger partial charge in [-0.05, 0) is 66.9 Å². The Kier molecular flexibility index (Phi) is 6.52. The third-order valence-corrected chi connectivity index (χ3v) is 8.24. The highest BCUT2D eigenvalue weighted by Crippen LogP contribution is 2.42. The molecule has 1 amide bonds. The van der Waals surface area contributed by atoms with Crippen LogP contribution in [0.15, 0.2) is 65.6 Å². The van der Waals surface area contributed by atoms with Gasteiger partial charge in [0.2, 0.25) is 0 Å². The van der Waals surface area contributed by atoms with Gasteiger partial charge in [0.25, 0.3) is 15.9 Å². The molecule has 1 heterocycles. The fourth-order valence-corrected chi connectivity index (χ4v) is 5.74. The molecule has 0 aromatic heterocycles. The van der Waals surface area contributed by atoms with Crippen LogP contribution >= 0.6 is 0 Å². The van der Waals surface area contributed by atoms with E-state index in [4.69, 9.17) is 4.74 Å². The summed E-state index contributed by atoms with van der Waals surface area (Å²) in [4.78, 5) is 11.4. The lowest BCUT2D eigenvalue weighted by molar-refractivity contribution is -0.137. The van der Waals surface area contributed by atoms with E-state index in [1.54, 1.807) is 0 Å². The fourth-order valence-electron chi connectivity index (χ4n) is 4.19. The Morgan fingerprint density at radius 2 is 1.79 bits per heavy atom. The van der Waals surface area contributed by atoms with Crippen molar-refractivity contribution in [2.45, 2.75) is 35.7 Å². The zero-order valence-electron chi connectivity index (χ0n) is 19.9. The summed E-state index contributed by atoms with van der Waals surface area (Å²) >= 11 is 0. The smallest absolute Gasteiger partial charge is 0.416 e. The quantitative estimate of drug-likeness (QED) is 0.413. The fraction of sp³-hybridized carbons (Fsp3) is 0.269. The first-order valence-corrected chi connectivity index (χ1v) is 13.2. The third kappa shape index (κ3) is 5.27. The maximum Gasteiger partial charge on any atom is 0.416 e. The first-order valence-electron chi connectivity index (χ1n) is 11.7. The van der Waals surface area contributed by atoms with Crippen LogP contribution in [0.25, 0.3) is 11.1 Å². The summed E-state index contributed by atoms with van der Waals surface area (Å²) in [7, 11) is -4.66. The van der Waals surface area contributed by atoms with Crippen molar-refractivity contribution >= 4 is 21.6 Å². The van der Waals surface area contributed by atoms with Crippen LogP contribution < -0.4 is 14.4 Å². The second-order valence-electron chi connectivity index (χ2n) is 9.28. The number of anilines is 1. The van der Waals surface area contributed by atoms with Gasteiger partial charge < -0.3 is 10.1 Å². The van der Waals surface area contributed by atoms with Crippen LogP contribution in [0.2, 0.25) is 0 Å². The largest absolute Gasteiger partial charge is 0.484 e. The van der Waals surface area contributed by atoms with Gasteiger partial charge in [0, 0.05) is 5.56 Å². The molecule has 0 bridgehead atoms. The Labute approximate surface area is 219 Å². The summed E-state index contributed by atoms with van der Waals surface area (Å²) in [6.45, 7) is -0.765. The second kappa shape index (κ2) is 9.47. The van der Waals surface area contributed by atoms with Gasteiger partial charge in [-0.15, -0.1) is 0 Å². The van der Waals surface area contributed by atoms with Crippen molar-refractivity contribution in [1.82, 2.24) is 5.32 Å². The van der Waals surface area contributed by atoms with Crippen molar-refractivity contribution in [3.05, 3.63) is 77.9 Å². The van der Waals surface area contributed by atoms with Crippen molar-refractivity contribution in [1.29, 1.82) is 0 Å². The van der Waals surface area contributed by atoms with Gasteiger partial charge in [0.15, 0.2) is 5.67 Å². The van der Waals surface area contributed by atoms with E-state index in [2.05, 4.69) is 5.32 Å². The molecule has 39 heavy (non-hydrogen) atoms. The molecule has 0 spiro atoms. The van der Waals surface area contributed by atoms with Crippen LogP contribution in [-0.2, 0) is 21.0 Å². The number of alkyl halides is 4. The Bertz CT molecular complexity index is 1560. The number of hydrogen-bond acceptors (Lipinski definition) is 4. The van der Waals surface area contributed by atoms with E-state index in [1.807, 2.05) is 0 Å². The van der Waals surface area contributed by atoms with Crippen LogP contribution in [0, 0.1) is 11.6 Å². The van der Waals surface area contributed by atoms with Crippen molar-refractivity contribution in [3.8, 4) is 16.9 Å². The van der Waals surface area contributed by atoms with Gasteiger partial charge in [-0.3, -0.25) is 9.10 Å². The Balaban J connectivity index is 1.56. The standard InChI is InChI=1S/C26H20F6N2O4S/c27-17-5-6-21(28)20(12-17)15-4-7-23-22(10-15)34(14-18(38-23)13-33-24(35)25(29)8-9-25)39(36,37)19-3-1-2-16(11-19)26(30,31)32/h1-7,10-12,18H,8-9,13-14H2,(H,33,35)/t18-/m0/s1. The van der Waals surface area contributed by atoms with E-state index in [0.29, 0.717) is 6.07 Å². The number of amides is 1. The summed E-state index contributed by atoms with van der Waals surface area (Å²) in [5.41, 5.74) is -3.41. The molecule has 1 fully saturated rings. The van der Waals surface area contributed by atoms with Crippen molar-refractivity contribution in [3.63, 3.8) is 0 Å². The van der Waals surface area contributed by atoms with Crippen molar-refractivity contribution in [2.24, 2.45) is 0 Å². The topological polar surface area (TPSA) is 75.7 Å². The monoisotopic (exact) mass is 570 g/mol. The average Bonchev–Trinajstić information content (AvgIpc) is 3.66. The van der Waals surface area contributed by atoms with Gasteiger partial charge in [-0.25, -0.2) is 21.6 Å². The molecular weight excluding hydrogens is 550 g/mol. The van der Waals surface area contributed by atoms with E-state index >= 15 is 0 Å². The summed E-state index contributed by atoms with van der Waals surface area (Å²) < 4.78 is 116. The Hall–Kier alpha value is -3.74. The minimum absolute atomic E-state index is 0.0435. The van der Waals surface area contributed by atoms with Gasteiger partial charge in [0.1, 0.15) is 23.5 Å². The first kappa shape index (κ1) is 26.9. The second-order valence-corrected chi connectivity index (χ2v) is 11.1. The van der Waals surface area contributed by atoms with E-state index in [-0.39, 0.29) is 42.0 Å². The predicted octanol–water partition coefficient (Wildman–Crippen LogP) is 5.23. The minimum atomic E-state index is -4.81. The lowest BCUT2D eigenvalue weighted by Gasteiger charge is -2.36. The Morgan fingerprint density at radius 3 is 2.49 bits per heavy atom. The first-order chi connectivity index (χ1) is 18.3. The van der Waals surface area contributed by atoms with Crippen molar-refractivity contribution < 1.29 is 44.3 Å². The SMILES string of the molecule is O=C(NC[C@H]1CN(S(=O)(=O)c2cccc(C(F)(F)F)c2)c2cc(-c3cc(F)ccc3F)ccc2O1)C1(F)CC1. The highest BCUT2D eigenvalue weighted by molar-refractivity contribution is 7.92. The van der Waals surface area contributed by atoms with Crippen LogP contribution in [0.3, 0.4) is 0 Å². The number of carbonyl (C=O) groups is 1. The molecule has 5 rings (SSSR count). The molecule has 1 aliphatic heterocycles. The van der Waals surface area contributed by atoms with Crippen LogP contribution in [0.5, 0.6) is 5.75 Å². The number of halogens is 6. The molecular formula is C26H20F6N2O4S. The number of benzene rings is 3. The van der Waals surface area contributed by atoms with E-state index in [1.165, 1.54) is 18.2 Å². The minimum Gasteiger partial charge on any atom is -0.484 e. The van der Waals surface area contributed by atoms with Crippen LogP contribution in [-0.4, -0.2) is 39.2 Å². The summed E-state index contributed by atoms with van der Waals surface area (Å²) in [6, 6.07) is 9.74. The number of sulfonamides is 1. The van der Waals surface area contributed by atoms with E-state index < -0.39 is 62.5 Å². The van der Waals surface area contributed by atoms with Gasteiger partial charge in [-0.1, -0.05) is 12.1 Å². The lowest BCUT2D eigenvalue weighted by atomic mass is 10.0. The molecule has 1 N–H and O–H groups in total. The predicted molar refractivity (Wildman–Crippen MR) is 128 cm³/mol. The number of nitrogens with zero attached hydrogens (tertiary/aromatic N) is 1. The molecule has 1 saturated carbocycles. The molecule has 1 aliphatic carbocycles. The zero-order valence-corrected chi connectivity index (χ0v) is 20.8. The molecule has 13 heteroatoms. The molecule has 3 aromatic carbocycles. The molecule has 0 unspecified atom stereocenters. The molecule has 0 saturated heterocycles. The normalized spacial score (nSPS) is 18.2. The maximum absolute atomic E-state index is 14.5. The summed E-state index contributed by atoms with van der Waals surface area (Å²) in [6.07, 6.45) is -5.74. The van der Waals surface area contributed by atoms with Gasteiger partial charge in [0.05, 0.1) is 29.2 Å². The summed E-state index contributed by atoms with van der Waals surface area (Å²) in [5.74, 6) is -2.45. The third-order valence-electron chi connectivity index (χ3n) is 6.47. The number of carbonyl (C=O) groups excluding carboxylic acids is 1. The van der Waals surface area contributed by atoms with E-state index in [0.717, 1.165) is 40.7 Å². The molecule has 1 atom stereocenters. The van der Waals surface area contributed by atoms with Gasteiger partial charge in [-0.2, -0.15) is 13.2 Å². The maximum atomic E-state index is 14.5. The number of rotatable bonds is 6. The highest BCUT2D eigenvalue weighted by Gasteiger charge is 2.51. The van der Waals surface area contributed by atoms with Crippen LogP contribution in [0.1, 0.15) is 18.4 Å². The number of fused-ring (bicyclic) bond motifs is 1. The summed E-state index contributed by atoms with van der Waals surface area (Å²) in [5, 5.41) is 2.38. The molecule has 3 aromatic rings. The Morgan fingerprint density at radius 1 is 1.05 bits per heavy atom. The van der Waals surface area contributed by atoms with Gasteiger partial charge >= 0.3 is 6.18 Å². The average molecular weight is 571 g/mol.